The van der Waals surface area contributed by atoms with Crippen molar-refractivity contribution in [1.82, 2.24) is 0 Å². The first-order valence-electron chi connectivity index (χ1n) is 3.28. The number of hydrogen-bond donors (Lipinski definition) is 2. The van der Waals surface area contributed by atoms with Crippen LogP contribution in [0.15, 0.2) is 22.7 Å². The van der Waals surface area contributed by atoms with E-state index in [-0.39, 0.29) is 5.75 Å². The maximum Gasteiger partial charge on any atom is 0.135 e. The number of aromatic hydroxyl groups is 1. The Morgan fingerprint density at radius 1 is 1.45 bits per heavy atom. The number of rotatable bonds is 1. The lowest BCUT2D eigenvalue weighted by Gasteiger charge is -2.07. The van der Waals surface area contributed by atoms with Gasteiger partial charge in [0.15, 0.2) is 0 Å². The van der Waals surface area contributed by atoms with Crippen LogP contribution in [-0.4, -0.2) is 10.2 Å². The standard InChI is InChI=1S/C8H9BrO2/c1-5(10)6-3-2-4-7(9)8(6)11/h2-5,10-11H,1H3. The lowest BCUT2D eigenvalue weighted by molar-refractivity contribution is 0.195. The maximum atomic E-state index is 9.36. The van der Waals surface area contributed by atoms with Crippen molar-refractivity contribution in [2.75, 3.05) is 0 Å². The van der Waals surface area contributed by atoms with Gasteiger partial charge >= 0.3 is 0 Å². The van der Waals surface area contributed by atoms with Crippen LogP contribution in [-0.2, 0) is 0 Å². The second kappa shape index (κ2) is 3.24. The topological polar surface area (TPSA) is 40.5 Å². The Morgan fingerprint density at radius 3 is 2.55 bits per heavy atom. The van der Waals surface area contributed by atoms with Crippen LogP contribution in [0.3, 0.4) is 0 Å². The van der Waals surface area contributed by atoms with Crippen molar-refractivity contribution in [1.29, 1.82) is 0 Å². The number of aliphatic hydroxyl groups excluding tert-OH is 1. The highest BCUT2D eigenvalue weighted by Crippen LogP contribution is 2.31. The SMILES string of the molecule is CC(O)c1cccc(Br)c1O. The fourth-order valence-corrected chi connectivity index (χ4v) is 1.25. The van der Waals surface area contributed by atoms with E-state index in [9.17, 15) is 5.11 Å². The predicted molar refractivity (Wildman–Crippen MR) is 46.4 cm³/mol. The van der Waals surface area contributed by atoms with Crippen LogP contribution in [0.2, 0.25) is 0 Å². The van der Waals surface area contributed by atoms with Gasteiger partial charge in [0.05, 0.1) is 10.6 Å². The Balaban J connectivity index is 3.17. The minimum Gasteiger partial charge on any atom is -0.506 e. The largest absolute Gasteiger partial charge is 0.506 e. The van der Waals surface area contributed by atoms with Gasteiger partial charge in [-0.15, -0.1) is 0 Å². The molecule has 0 fully saturated rings. The molecule has 1 unspecified atom stereocenters. The molecule has 1 aromatic rings. The number of benzene rings is 1. The third-order valence-electron chi connectivity index (χ3n) is 1.47. The minimum atomic E-state index is -0.632. The van der Waals surface area contributed by atoms with E-state index in [1.54, 1.807) is 25.1 Å². The van der Waals surface area contributed by atoms with Gasteiger partial charge in [0.1, 0.15) is 5.75 Å². The molecule has 0 aliphatic heterocycles. The number of phenolic OH excluding ortho intramolecular Hbond substituents is 1. The van der Waals surface area contributed by atoms with Crippen molar-refractivity contribution >= 4 is 15.9 Å². The quantitative estimate of drug-likeness (QED) is 0.756. The van der Waals surface area contributed by atoms with E-state index in [0.717, 1.165) is 0 Å². The third kappa shape index (κ3) is 1.73. The monoisotopic (exact) mass is 216 g/mol. The molecule has 0 heterocycles. The summed E-state index contributed by atoms with van der Waals surface area (Å²) in [5.74, 6) is 0.113. The molecule has 2 N–H and O–H groups in total. The van der Waals surface area contributed by atoms with E-state index >= 15 is 0 Å². The van der Waals surface area contributed by atoms with Crippen molar-refractivity contribution in [3.63, 3.8) is 0 Å². The van der Waals surface area contributed by atoms with E-state index in [0.29, 0.717) is 10.0 Å². The average molecular weight is 217 g/mol. The number of halogens is 1. The first-order valence-corrected chi connectivity index (χ1v) is 4.07. The molecule has 1 rings (SSSR count). The summed E-state index contributed by atoms with van der Waals surface area (Å²) in [6.45, 7) is 1.61. The molecule has 0 bridgehead atoms. The van der Waals surface area contributed by atoms with Crippen LogP contribution in [0.25, 0.3) is 0 Å². The highest BCUT2D eigenvalue weighted by molar-refractivity contribution is 9.10. The molecule has 0 radical (unpaired) electrons. The maximum absolute atomic E-state index is 9.36. The smallest absolute Gasteiger partial charge is 0.135 e. The molecule has 2 nitrogen and oxygen atoms in total. The fraction of sp³-hybridized carbons (Fsp3) is 0.250. The van der Waals surface area contributed by atoms with Gasteiger partial charge in [-0.2, -0.15) is 0 Å². The number of aliphatic hydroxyl groups is 1. The van der Waals surface area contributed by atoms with Gasteiger partial charge in [-0.3, -0.25) is 0 Å². The molecule has 3 heteroatoms. The molecule has 0 spiro atoms. The second-order valence-electron chi connectivity index (χ2n) is 2.35. The van der Waals surface area contributed by atoms with Crippen LogP contribution < -0.4 is 0 Å². The van der Waals surface area contributed by atoms with E-state index in [1.165, 1.54) is 0 Å². The summed E-state index contributed by atoms with van der Waals surface area (Å²) in [7, 11) is 0. The summed E-state index contributed by atoms with van der Waals surface area (Å²) in [5, 5.41) is 18.5. The fourth-order valence-electron chi connectivity index (χ4n) is 0.869. The van der Waals surface area contributed by atoms with E-state index in [2.05, 4.69) is 15.9 Å². The zero-order valence-electron chi connectivity index (χ0n) is 6.08. The average Bonchev–Trinajstić information content (AvgIpc) is 1.94. The van der Waals surface area contributed by atoms with Crippen LogP contribution >= 0.6 is 15.9 Å². The Morgan fingerprint density at radius 2 is 2.09 bits per heavy atom. The zero-order valence-corrected chi connectivity index (χ0v) is 7.67. The van der Waals surface area contributed by atoms with Crippen molar-refractivity contribution in [2.24, 2.45) is 0 Å². The van der Waals surface area contributed by atoms with Crippen LogP contribution in [0, 0.1) is 0 Å². The van der Waals surface area contributed by atoms with Crippen molar-refractivity contribution < 1.29 is 10.2 Å². The Bertz CT molecular complexity index is 258. The van der Waals surface area contributed by atoms with Crippen molar-refractivity contribution in [3.8, 4) is 5.75 Å². The zero-order chi connectivity index (χ0) is 8.43. The van der Waals surface area contributed by atoms with Crippen molar-refractivity contribution in [3.05, 3.63) is 28.2 Å². The van der Waals surface area contributed by atoms with E-state index in [1.807, 2.05) is 0 Å². The van der Waals surface area contributed by atoms with Crippen LogP contribution in [0.4, 0.5) is 0 Å². The molecule has 1 atom stereocenters. The number of phenols is 1. The Labute approximate surface area is 73.6 Å². The molecule has 0 saturated heterocycles. The second-order valence-corrected chi connectivity index (χ2v) is 3.21. The molecular weight excluding hydrogens is 208 g/mol. The molecule has 11 heavy (non-hydrogen) atoms. The molecule has 0 aromatic heterocycles. The summed E-state index contributed by atoms with van der Waals surface area (Å²) < 4.78 is 0.607. The molecule has 1 aromatic carbocycles. The summed E-state index contributed by atoms with van der Waals surface area (Å²) in [6, 6.07) is 5.18. The lowest BCUT2D eigenvalue weighted by Crippen LogP contribution is -1.91. The molecule has 0 saturated carbocycles. The third-order valence-corrected chi connectivity index (χ3v) is 2.11. The molecule has 0 aliphatic rings. The minimum absolute atomic E-state index is 0.113. The highest BCUT2D eigenvalue weighted by Gasteiger charge is 2.08. The Hall–Kier alpha value is -0.540. The first-order chi connectivity index (χ1) is 5.13. The van der Waals surface area contributed by atoms with Gasteiger partial charge in [0.25, 0.3) is 0 Å². The number of para-hydroxylation sites is 1. The summed E-state index contributed by atoms with van der Waals surface area (Å²) >= 11 is 3.15. The van der Waals surface area contributed by atoms with Gasteiger partial charge in [-0.05, 0) is 28.9 Å². The van der Waals surface area contributed by atoms with Gasteiger partial charge in [-0.25, -0.2) is 0 Å². The van der Waals surface area contributed by atoms with Crippen LogP contribution in [0.5, 0.6) is 5.75 Å². The molecular formula is C8H9BrO2. The summed E-state index contributed by atoms with van der Waals surface area (Å²) in [5.41, 5.74) is 0.541. The van der Waals surface area contributed by atoms with Gasteiger partial charge in [-0.1, -0.05) is 12.1 Å². The van der Waals surface area contributed by atoms with E-state index in [4.69, 9.17) is 5.11 Å². The molecule has 0 amide bonds. The number of hydrogen-bond acceptors (Lipinski definition) is 2. The first kappa shape index (κ1) is 8.56. The van der Waals surface area contributed by atoms with Crippen LogP contribution in [0.1, 0.15) is 18.6 Å². The molecule has 60 valence electrons. The van der Waals surface area contributed by atoms with Gasteiger partial charge < -0.3 is 10.2 Å². The molecule has 0 aliphatic carbocycles. The predicted octanol–water partition coefficient (Wildman–Crippen LogP) is 2.21. The normalized spacial score (nSPS) is 13.0. The Kier molecular flexibility index (Phi) is 2.52. The summed E-state index contributed by atoms with van der Waals surface area (Å²) in [4.78, 5) is 0. The van der Waals surface area contributed by atoms with E-state index < -0.39 is 6.10 Å². The van der Waals surface area contributed by atoms with Gasteiger partial charge in [0, 0.05) is 5.56 Å². The highest BCUT2D eigenvalue weighted by atomic mass is 79.9. The van der Waals surface area contributed by atoms with Gasteiger partial charge in [0.2, 0.25) is 0 Å². The lowest BCUT2D eigenvalue weighted by atomic mass is 10.1. The van der Waals surface area contributed by atoms with Crippen molar-refractivity contribution in [2.45, 2.75) is 13.0 Å². The summed E-state index contributed by atoms with van der Waals surface area (Å²) in [6.07, 6.45) is -0.632.